The summed E-state index contributed by atoms with van der Waals surface area (Å²) in [5, 5.41) is 5.36. The van der Waals surface area contributed by atoms with Crippen LogP contribution in [0.4, 0.5) is 4.79 Å². The van der Waals surface area contributed by atoms with Crippen molar-refractivity contribution in [3.63, 3.8) is 0 Å². The number of halogens is 1. The molecule has 0 saturated heterocycles. The van der Waals surface area contributed by atoms with Gasteiger partial charge in [-0.3, -0.25) is 4.79 Å². The van der Waals surface area contributed by atoms with E-state index in [1.807, 2.05) is 54.6 Å². The first-order valence-corrected chi connectivity index (χ1v) is 9.58. The fourth-order valence-corrected chi connectivity index (χ4v) is 3.26. The fourth-order valence-electron chi connectivity index (χ4n) is 2.23. The van der Waals surface area contributed by atoms with Crippen LogP contribution in [0, 0.1) is 0 Å². The van der Waals surface area contributed by atoms with Crippen LogP contribution in [0.15, 0.2) is 64.0 Å². The van der Waals surface area contributed by atoms with Gasteiger partial charge in [0.05, 0.1) is 0 Å². The van der Waals surface area contributed by atoms with Gasteiger partial charge in [-0.25, -0.2) is 4.79 Å². The number of hydrogen-bond donors (Lipinski definition) is 3. The molecule has 0 heterocycles. The lowest BCUT2D eigenvalue weighted by atomic mass is 10.1. The van der Waals surface area contributed by atoms with E-state index in [0.717, 1.165) is 20.7 Å². The number of nitrogens with one attached hydrogen (secondary N) is 2. The topological polar surface area (TPSA) is 84.2 Å². The summed E-state index contributed by atoms with van der Waals surface area (Å²) in [7, 11) is 0. The van der Waals surface area contributed by atoms with Crippen LogP contribution in [-0.4, -0.2) is 30.3 Å². The number of amides is 3. The minimum Gasteiger partial charge on any atom is -0.353 e. The third kappa shape index (κ3) is 7.19. The number of benzene rings is 2. The average molecular weight is 422 g/mol. The van der Waals surface area contributed by atoms with Gasteiger partial charge in [-0.05, 0) is 29.8 Å². The van der Waals surface area contributed by atoms with Crippen LogP contribution in [0.1, 0.15) is 5.56 Å². The molecule has 1 atom stereocenters. The Hall–Kier alpha value is -1.99. The molecule has 25 heavy (non-hydrogen) atoms. The van der Waals surface area contributed by atoms with Crippen molar-refractivity contribution in [1.29, 1.82) is 0 Å². The number of rotatable bonds is 8. The number of urea groups is 1. The Morgan fingerprint density at radius 1 is 1.08 bits per heavy atom. The second-order valence-corrected chi connectivity index (χ2v) is 7.43. The number of carbonyl (C=O) groups is 2. The maximum atomic E-state index is 12.3. The molecule has 2 aromatic carbocycles. The molecule has 2 aromatic rings. The highest BCUT2D eigenvalue weighted by molar-refractivity contribution is 9.10. The summed E-state index contributed by atoms with van der Waals surface area (Å²) in [6, 6.07) is 16.1. The second-order valence-electron chi connectivity index (χ2n) is 5.34. The summed E-state index contributed by atoms with van der Waals surface area (Å²) in [6.45, 7) is 0.505. The van der Waals surface area contributed by atoms with E-state index < -0.39 is 12.1 Å². The molecule has 3 amide bonds. The summed E-state index contributed by atoms with van der Waals surface area (Å²) >= 11 is 5.05. The largest absolute Gasteiger partial charge is 0.353 e. The predicted molar refractivity (Wildman–Crippen MR) is 105 cm³/mol. The van der Waals surface area contributed by atoms with E-state index in [-0.39, 0.29) is 5.91 Å². The van der Waals surface area contributed by atoms with Crippen molar-refractivity contribution in [2.75, 3.05) is 12.3 Å². The van der Waals surface area contributed by atoms with Gasteiger partial charge in [0, 0.05) is 28.1 Å². The lowest BCUT2D eigenvalue weighted by Crippen LogP contribution is -2.50. The molecule has 0 aliphatic rings. The van der Waals surface area contributed by atoms with Gasteiger partial charge < -0.3 is 16.4 Å². The first-order chi connectivity index (χ1) is 12.0. The average Bonchev–Trinajstić information content (AvgIpc) is 2.60. The molecule has 7 heteroatoms. The Kier molecular flexibility index (Phi) is 7.81. The Bertz CT molecular complexity index is 695. The lowest BCUT2D eigenvalue weighted by molar-refractivity contribution is -0.122. The Balaban J connectivity index is 1.82. The van der Waals surface area contributed by atoms with E-state index in [2.05, 4.69) is 26.6 Å². The van der Waals surface area contributed by atoms with Gasteiger partial charge in [-0.1, -0.05) is 46.3 Å². The van der Waals surface area contributed by atoms with E-state index in [9.17, 15) is 9.59 Å². The Morgan fingerprint density at radius 3 is 2.40 bits per heavy atom. The fraction of sp³-hybridized carbons (Fsp3) is 0.222. The normalized spacial score (nSPS) is 11.6. The van der Waals surface area contributed by atoms with Gasteiger partial charge in [-0.15, -0.1) is 11.8 Å². The molecule has 0 bridgehead atoms. The van der Waals surface area contributed by atoms with Crippen LogP contribution in [0.5, 0.6) is 0 Å². The summed E-state index contributed by atoms with van der Waals surface area (Å²) in [5.74, 6) is 0.501. The van der Waals surface area contributed by atoms with Crippen LogP contribution in [0.25, 0.3) is 0 Å². The minimum atomic E-state index is -0.708. The molecule has 0 radical (unpaired) electrons. The van der Waals surface area contributed by atoms with Gasteiger partial charge in [0.2, 0.25) is 5.91 Å². The summed E-state index contributed by atoms with van der Waals surface area (Å²) < 4.78 is 1.03. The number of primary amides is 1. The molecule has 0 fully saturated rings. The van der Waals surface area contributed by atoms with E-state index in [1.165, 1.54) is 0 Å². The minimum absolute atomic E-state index is 0.237. The maximum absolute atomic E-state index is 12.3. The summed E-state index contributed by atoms with van der Waals surface area (Å²) in [4.78, 5) is 24.6. The molecule has 132 valence electrons. The van der Waals surface area contributed by atoms with Crippen LogP contribution >= 0.6 is 27.7 Å². The highest BCUT2D eigenvalue weighted by Gasteiger charge is 2.19. The van der Waals surface area contributed by atoms with Crippen molar-refractivity contribution in [1.82, 2.24) is 10.6 Å². The SMILES string of the molecule is NC(=O)NC(Cc1ccccc1)C(=O)NCCSc1ccc(Br)cc1. The van der Waals surface area contributed by atoms with Crippen molar-refractivity contribution >= 4 is 39.6 Å². The predicted octanol–water partition coefficient (Wildman–Crippen LogP) is 2.94. The number of nitrogens with two attached hydrogens (primary N) is 1. The van der Waals surface area contributed by atoms with Gasteiger partial charge in [0.15, 0.2) is 0 Å². The molecule has 5 nitrogen and oxygen atoms in total. The third-order valence-electron chi connectivity index (χ3n) is 3.40. The number of carbonyl (C=O) groups excluding carboxylic acids is 2. The van der Waals surface area contributed by atoms with E-state index in [0.29, 0.717) is 13.0 Å². The van der Waals surface area contributed by atoms with Crippen LogP contribution in [-0.2, 0) is 11.2 Å². The lowest BCUT2D eigenvalue weighted by Gasteiger charge is -2.17. The van der Waals surface area contributed by atoms with E-state index in [1.54, 1.807) is 11.8 Å². The maximum Gasteiger partial charge on any atom is 0.312 e. The van der Waals surface area contributed by atoms with Crippen LogP contribution in [0.2, 0.25) is 0 Å². The van der Waals surface area contributed by atoms with Crippen molar-refractivity contribution in [3.8, 4) is 0 Å². The van der Waals surface area contributed by atoms with Crippen LogP contribution in [0.3, 0.4) is 0 Å². The molecule has 4 N–H and O–H groups in total. The zero-order valence-electron chi connectivity index (χ0n) is 13.6. The first-order valence-electron chi connectivity index (χ1n) is 7.80. The van der Waals surface area contributed by atoms with Crippen molar-refractivity contribution in [3.05, 3.63) is 64.6 Å². The quantitative estimate of drug-likeness (QED) is 0.452. The van der Waals surface area contributed by atoms with Crippen molar-refractivity contribution < 1.29 is 9.59 Å². The Morgan fingerprint density at radius 2 is 1.76 bits per heavy atom. The highest BCUT2D eigenvalue weighted by atomic mass is 79.9. The molecular formula is C18H20BrN3O2S. The number of hydrogen-bond acceptors (Lipinski definition) is 3. The second kappa shape index (κ2) is 10.1. The molecule has 1 unspecified atom stereocenters. The van der Waals surface area contributed by atoms with E-state index >= 15 is 0 Å². The zero-order valence-corrected chi connectivity index (χ0v) is 16.0. The van der Waals surface area contributed by atoms with Gasteiger partial charge in [0.25, 0.3) is 0 Å². The summed E-state index contributed by atoms with van der Waals surface area (Å²) in [5.41, 5.74) is 6.15. The smallest absolute Gasteiger partial charge is 0.312 e. The Labute approximate surface area is 159 Å². The monoisotopic (exact) mass is 421 g/mol. The molecule has 0 saturated carbocycles. The zero-order chi connectivity index (χ0) is 18.1. The summed E-state index contributed by atoms with van der Waals surface area (Å²) in [6.07, 6.45) is 0.398. The third-order valence-corrected chi connectivity index (χ3v) is 4.94. The van der Waals surface area contributed by atoms with E-state index in [4.69, 9.17) is 5.73 Å². The molecule has 0 aromatic heterocycles. The number of thioether (sulfide) groups is 1. The molecule has 0 spiro atoms. The van der Waals surface area contributed by atoms with Gasteiger partial charge >= 0.3 is 6.03 Å². The molecular weight excluding hydrogens is 402 g/mol. The standard InChI is InChI=1S/C18H20BrN3O2S/c19-14-6-8-15(9-7-14)25-11-10-21-17(23)16(22-18(20)24)12-13-4-2-1-3-5-13/h1-9,16H,10-12H2,(H,21,23)(H3,20,22,24). The molecule has 2 rings (SSSR count). The highest BCUT2D eigenvalue weighted by Crippen LogP contribution is 2.19. The first kappa shape index (κ1) is 19.3. The van der Waals surface area contributed by atoms with Crippen molar-refractivity contribution in [2.24, 2.45) is 5.73 Å². The molecule has 0 aliphatic heterocycles. The van der Waals surface area contributed by atoms with Crippen molar-refractivity contribution in [2.45, 2.75) is 17.4 Å². The van der Waals surface area contributed by atoms with Crippen LogP contribution < -0.4 is 16.4 Å². The molecule has 0 aliphatic carbocycles. The van der Waals surface area contributed by atoms with Gasteiger partial charge in [-0.2, -0.15) is 0 Å². The van der Waals surface area contributed by atoms with Gasteiger partial charge in [0.1, 0.15) is 6.04 Å².